The number of benzene rings is 5. The maximum absolute atomic E-state index is 13.2. The van der Waals surface area contributed by atoms with Gasteiger partial charge in [0.05, 0.1) is 43.1 Å². The van der Waals surface area contributed by atoms with Crippen LogP contribution in [0.5, 0.6) is 23.0 Å². The molecule has 0 fully saturated rings. The second-order valence-corrected chi connectivity index (χ2v) is 13.7. The fourth-order valence-corrected chi connectivity index (χ4v) is 6.10. The van der Waals surface area contributed by atoms with Crippen LogP contribution in [0.4, 0.5) is 0 Å². The summed E-state index contributed by atoms with van der Waals surface area (Å²) in [7, 11) is 0. The number of hydrogen-bond donors (Lipinski definition) is 0. The lowest BCUT2D eigenvalue weighted by molar-refractivity contribution is -0.138. The number of carbonyl (C=O) groups excluding carboxylic acids is 5. The standard InChI is InChI=1S/C48H48O11/c1-4-45(50)56-26-12-8-6-10-24-54-40-20-18-34-28-38(16-14-36(34)30-40)47(52)58-42-22-23-44(43(32-42)33(3)49)59-48(53)39-17-15-37-31-41(21-19-35(37)29-39)55-25-11-7-9-13-27-57-46(51)5-2/h4-5,14-23,28-32H,1-2,6-13,24-27H2,3H3. The fraction of sp³-hybridized carbons (Fsp3) is 0.271. The van der Waals surface area contributed by atoms with Gasteiger partial charge in [0.2, 0.25) is 0 Å². The first-order chi connectivity index (χ1) is 28.6. The minimum absolute atomic E-state index is 0.0409. The quantitative estimate of drug-likeness (QED) is 0.0205. The monoisotopic (exact) mass is 800 g/mol. The van der Waals surface area contributed by atoms with Gasteiger partial charge in [-0.05, 0) is 147 Å². The largest absolute Gasteiger partial charge is 0.494 e. The van der Waals surface area contributed by atoms with Crippen molar-refractivity contribution >= 4 is 51.2 Å². The zero-order valence-corrected chi connectivity index (χ0v) is 33.2. The SMILES string of the molecule is C=CC(=O)OCCCCCCOc1ccc2cc(C(=O)Oc3ccc(OC(=O)c4ccc5cc(OCCCCCCOC(=O)C=C)ccc5c4)c(C(C)=O)c3)ccc2c1. The molecule has 0 saturated heterocycles. The van der Waals surface area contributed by atoms with E-state index in [1.165, 1.54) is 25.1 Å². The van der Waals surface area contributed by atoms with Crippen molar-refractivity contribution in [3.05, 3.63) is 133 Å². The Morgan fingerprint density at radius 3 is 1.37 bits per heavy atom. The average molecular weight is 801 g/mol. The molecule has 0 radical (unpaired) electrons. The van der Waals surface area contributed by atoms with Gasteiger partial charge in [-0.15, -0.1) is 0 Å². The van der Waals surface area contributed by atoms with E-state index in [-0.39, 0.29) is 22.8 Å². The first-order valence-corrected chi connectivity index (χ1v) is 19.6. The zero-order chi connectivity index (χ0) is 42.0. The van der Waals surface area contributed by atoms with Crippen molar-refractivity contribution in [2.24, 2.45) is 0 Å². The minimum atomic E-state index is -0.649. The summed E-state index contributed by atoms with van der Waals surface area (Å²) in [5.74, 6) is -0.865. The van der Waals surface area contributed by atoms with Gasteiger partial charge in [-0.3, -0.25) is 4.79 Å². The third kappa shape index (κ3) is 13.4. The van der Waals surface area contributed by atoms with E-state index in [1.54, 1.807) is 30.3 Å². The molecule has 0 aliphatic heterocycles. The van der Waals surface area contributed by atoms with Crippen molar-refractivity contribution in [3.8, 4) is 23.0 Å². The summed E-state index contributed by atoms with van der Waals surface area (Å²) in [6.07, 6.45) is 9.34. The van der Waals surface area contributed by atoms with Gasteiger partial charge in [0, 0.05) is 12.2 Å². The van der Waals surface area contributed by atoms with E-state index in [0.717, 1.165) is 85.1 Å². The molecule has 0 saturated carbocycles. The van der Waals surface area contributed by atoms with Crippen LogP contribution in [0.25, 0.3) is 21.5 Å². The van der Waals surface area contributed by atoms with Crippen molar-refractivity contribution < 1.29 is 52.4 Å². The number of hydrogen-bond acceptors (Lipinski definition) is 11. The smallest absolute Gasteiger partial charge is 0.343 e. The van der Waals surface area contributed by atoms with Crippen LogP contribution in [0.3, 0.4) is 0 Å². The number of ketones is 1. The molecule has 0 unspecified atom stereocenters. The maximum atomic E-state index is 13.2. The number of carbonyl (C=O) groups is 5. The molecule has 0 bridgehead atoms. The summed E-state index contributed by atoms with van der Waals surface area (Å²) >= 11 is 0. The summed E-state index contributed by atoms with van der Waals surface area (Å²) in [4.78, 5) is 61.2. The van der Waals surface area contributed by atoms with Gasteiger partial charge in [-0.2, -0.15) is 0 Å². The van der Waals surface area contributed by atoms with Gasteiger partial charge in [0.25, 0.3) is 0 Å². The summed E-state index contributed by atoms with van der Waals surface area (Å²) in [5, 5.41) is 3.40. The summed E-state index contributed by atoms with van der Waals surface area (Å²) < 4.78 is 33.1. The Labute approximate surface area is 343 Å². The first kappa shape index (κ1) is 43.4. The predicted octanol–water partition coefficient (Wildman–Crippen LogP) is 9.97. The second kappa shape index (κ2) is 22.3. The molecule has 0 atom stereocenters. The normalized spacial score (nSPS) is 10.7. The van der Waals surface area contributed by atoms with Crippen LogP contribution in [0.15, 0.2) is 116 Å². The van der Waals surface area contributed by atoms with Crippen LogP contribution in [0.1, 0.15) is 89.4 Å². The maximum Gasteiger partial charge on any atom is 0.343 e. The fourth-order valence-electron chi connectivity index (χ4n) is 6.10. The molecule has 11 heteroatoms. The molecule has 5 aromatic rings. The lowest BCUT2D eigenvalue weighted by Gasteiger charge is -2.12. The van der Waals surface area contributed by atoms with Gasteiger partial charge in [-0.1, -0.05) is 37.4 Å². The Balaban J connectivity index is 1.10. The first-order valence-electron chi connectivity index (χ1n) is 19.6. The highest BCUT2D eigenvalue weighted by Gasteiger charge is 2.18. The highest BCUT2D eigenvalue weighted by atomic mass is 16.5. The number of esters is 4. The van der Waals surface area contributed by atoms with Gasteiger partial charge < -0.3 is 28.4 Å². The highest BCUT2D eigenvalue weighted by Crippen LogP contribution is 2.29. The van der Waals surface area contributed by atoms with Crippen LogP contribution in [0, 0.1) is 0 Å². The van der Waals surface area contributed by atoms with Crippen LogP contribution in [-0.4, -0.2) is 56.1 Å². The Morgan fingerprint density at radius 2 is 0.898 bits per heavy atom. The van der Waals surface area contributed by atoms with Crippen LogP contribution in [0.2, 0.25) is 0 Å². The molecular weight excluding hydrogens is 753 g/mol. The van der Waals surface area contributed by atoms with E-state index in [4.69, 9.17) is 28.4 Å². The minimum Gasteiger partial charge on any atom is -0.494 e. The second-order valence-electron chi connectivity index (χ2n) is 13.7. The van der Waals surface area contributed by atoms with E-state index < -0.39 is 23.9 Å². The number of unbranched alkanes of at least 4 members (excludes halogenated alkanes) is 6. The van der Waals surface area contributed by atoms with Crippen molar-refractivity contribution in [2.75, 3.05) is 26.4 Å². The third-order valence-corrected chi connectivity index (χ3v) is 9.28. The third-order valence-electron chi connectivity index (χ3n) is 9.28. The Hall–Kier alpha value is -6.75. The van der Waals surface area contributed by atoms with E-state index in [9.17, 15) is 24.0 Å². The van der Waals surface area contributed by atoms with Crippen molar-refractivity contribution in [3.63, 3.8) is 0 Å². The van der Waals surface area contributed by atoms with Gasteiger partial charge in [0.15, 0.2) is 5.78 Å². The van der Waals surface area contributed by atoms with E-state index in [0.29, 0.717) is 49.1 Å². The summed E-state index contributed by atoms with van der Waals surface area (Å²) in [6, 6.07) is 25.9. The molecule has 0 spiro atoms. The van der Waals surface area contributed by atoms with Crippen LogP contribution in [-0.2, 0) is 19.1 Å². The van der Waals surface area contributed by atoms with Crippen LogP contribution >= 0.6 is 0 Å². The summed E-state index contributed by atoms with van der Waals surface area (Å²) in [5.41, 5.74) is 0.696. The molecule has 0 aliphatic carbocycles. The number of fused-ring (bicyclic) bond motifs is 2. The Bertz CT molecular complexity index is 2310. The molecule has 59 heavy (non-hydrogen) atoms. The van der Waals surface area contributed by atoms with Crippen molar-refractivity contribution in [1.29, 1.82) is 0 Å². The summed E-state index contributed by atoms with van der Waals surface area (Å²) in [6.45, 7) is 9.95. The number of Topliss-reactive ketones (excluding diaryl/α,β-unsaturated/α-hetero) is 1. The average Bonchev–Trinajstić information content (AvgIpc) is 3.25. The molecule has 0 amide bonds. The molecule has 0 aliphatic rings. The van der Waals surface area contributed by atoms with Crippen molar-refractivity contribution in [2.45, 2.75) is 58.3 Å². The van der Waals surface area contributed by atoms with Crippen LogP contribution < -0.4 is 18.9 Å². The molecule has 0 N–H and O–H groups in total. The zero-order valence-electron chi connectivity index (χ0n) is 33.2. The predicted molar refractivity (Wildman–Crippen MR) is 224 cm³/mol. The number of rotatable bonds is 23. The Kier molecular flexibility index (Phi) is 16.4. The molecule has 5 rings (SSSR count). The molecule has 11 nitrogen and oxygen atoms in total. The molecular formula is C48H48O11. The van der Waals surface area contributed by atoms with Gasteiger partial charge in [0.1, 0.15) is 23.0 Å². The lowest BCUT2D eigenvalue weighted by Crippen LogP contribution is -2.12. The van der Waals surface area contributed by atoms with E-state index >= 15 is 0 Å². The van der Waals surface area contributed by atoms with Gasteiger partial charge in [-0.25, -0.2) is 19.2 Å². The molecule has 0 aromatic heterocycles. The molecule has 306 valence electrons. The van der Waals surface area contributed by atoms with Crippen molar-refractivity contribution in [1.82, 2.24) is 0 Å². The number of ether oxygens (including phenoxy) is 6. The van der Waals surface area contributed by atoms with E-state index in [1.807, 2.05) is 42.5 Å². The molecule has 5 aromatic carbocycles. The highest BCUT2D eigenvalue weighted by molar-refractivity contribution is 6.01. The molecule has 0 heterocycles. The van der Waals surface area contributed by atoms with E-state index in [2.05, 4.69) is 13.2 Å². The topological polar surface area (TPSA) is 141 Å². The Morgan fingerprint density at radius 1 is 0.475 bits per heavy atom. The lowest BCUT2D eigenvalue weighted by atomic mass is 10.1. The van der Waals surface area contributed by atoms with Gasteiger partial charge >= 0.3 is 23.9 Å².